The lowest BCUT2D eigenvalue weighted by Crippen LogP contribution is -2.29. The number of nitrogens with zero attached hydrogens (tertiary/aromatic N) is 2. The van der Waals surface area contributed by atoms with E-state index in [4.69, 9.17) is 5.73 Å². The van der Waals surface area contributed by atoms with Crippen molar-refractivity contribution in [1.82, 2.24) is 9.29 Å². The maximum atomic E-state index is 12.2. The second-order valence-electron chi connectivity index (χ2n) is 4.97. The van der Waals surface area contributed by atoms with Gasteiger partial charge in [0.25, 0.3) is 10.0 Å². The SMILES string of the molecule is CC1CC1CN(C)S(=O)(=O)c1ccc(CN)cn1. The Morgan fingerprint density at radius 2 is 2.17 bits per heavy atom. The van der Waals surface area contributed by atoms with Crippen LogP contribution in [0.2, 0.25) is 0 Å². The Balaban J connectivity index is 2.13. The van der Waals surface area contributed by atoms with Gasteiger partial charge in [-0.05, 0) is 29.9 Å². The van der Waals surface area contributed by atoms with Crippen LogP contribution in [0.15, 0.2) is 23.4 Å². The summed E-state index contributed by atoms with van der Waals surface area (Å²) in [6.07, 6.45) is 2.62. The van der Waals surface area contributed by atoms with Crippen molar-refractivity contribution in [2.75, 3.05) is 13.6 Å². The molecule has 2 rings (SSSR count). The van der Waals surface area contributed by atoms with Gasteiger partial charge >= 0.3 is 0 Å². The maximum Gasteiger partial charge on any atom is 0.260 e. The van der Waals surface area contributed by atoms with Crippen LogP contribution in [-0.2, 0) is 16.6 Å². The molecule has 18 heavy (non-hydrogen) atoms. The van der Waals surface area contributed by atoms with Crippen LogP contribution in [0.25, 0.3) is 0 Å². The number of hydrogen-bond donors (Lipinski definition) is 1. The molecule has 0 radical (unpaired) electrons. The highest BCUT2D eigenvalue weighted by Gasteiger charge is 2.36. The molecule has 1 heterocycles. The van der Waals surface area contributed by atoms with Crippen molar-refractivity contribution in [3.05, 3.63) is 23.9 Å². The third kappa shape index (κ3) is 2.71. The fourth-order valence-corrected chi connectivity index (χ4v) is 3.06. The van der Waals surface area contributed by atoms with Crippen LogP contribution in [0.3, 0.4) is 0 Å². The van der Waals surface area contributed by atoms with Gasteiger partial charge in [-0.25, -0.2) is 13.4 Å². The van der Waals surface area contributed by atoms with Gasteiger partial charge in [0.1, 0.15) is 0 Å². The summed E-state index contributed by atoms with van der Waals surface area (Å²) in [5.41, 5.74) is 6.28. The Kier molecular flexibility index (Phi) is 3.70. The number of aromatic nitrogens is 1. The van der Waals surface area contributed by atoms with Crippen molar-refractivity contribution in [3.8, 4) is 0 Å². The molecular formula is C12H19N3O2S. The van der Waals surface area contributed by atoms with E-state index in [1.165, 1.54) is 16.6 Å². The Bertz CT molecular complexity index is 513. The first-order chi connectivity index (χ1) is 8.45. The summed E-state index contributed by atoms with van der Waals surface area (Å²) in [5.74, 6) is 1.13. The monoisotopic (exact) mass is 269 g/mol. The van der Waals surface area contributed by atoms with E-state index in [0.717, 1.165) is 12.0 Å². The average Bonchev–Trinajstić information content (AvgIpc) is 3.05. The van der Waals surface area contributed by atoms with Gasteiger partial charge in [-0.2, -0.15) is 4.31 Å². The molecule has 6 heteroatoms. The van der Waals surface area contributed by atoms with Crippen molar-refractivity contribution < 1.29 is 8.42 Å². The van der Waals surface area contributed by atoms with E-state index in [2.05, 4.69) is 11.9 Å². The lowest BCUT2D eigenvalue weighted by atomic mass is 10.3. The number of rotatable bonds is 5. The normalized spacial score (nSPS) is 23.3. The lowest BCUT2D eigenvalue weighted by Gasteiger charge is -2.16. The Labute approximate surface area is 108 Å². The third-order valence-electron chi connectivity index (χ3n) is 3.48. The fourth-order valence-electron chi connectivity index (χ4n) is 1.93. The maximum absolute atomic E-state index is 12.2. The molecule has 100 valence electrons. The zero-order chi connectivity index (χ0) is 13.3. The van der Waals surface area contributed by atoms with Crippen LogP contribution in [-0.4, -0.2) is 31.3 Å². The lowest BCUT2D eigenvalue weighted by molar-refractivity contribution is 0.442. The molecule has 2 unspecified atom stereocenters. The Morgan fingerprint density at radius 1 is 1.50 bits per heavy atom. The van der Waals surface area contributed by atoms with Gasteiger partial charge in [-0.1, -0.05) is 13.0 Å². The fraction of sp³-hybridized carbons (Fsp3) is 0.583. The third-order valence-corrected chi connectivity index (χ3v) is 5.22. The first kappa shape index (κ1) is 13.5. The molecule has 0 aromatic carbocycles. The quantitative estimate of drug-likeness (QED) is 0.858. The van der Waals surface area contributed by atoms with E-state index < -0.39 is 10.0 Å². The summed E-state index contributed by atoms with van der Waals surface area (Å²) < 4.78 is 25.9. The Hall–Kier alpha value is -0.980. The summed E-state index contributed by atoms with van der Waals surface area (Å²) in [6, 6.07) is 3.22. The molecule has 0 saturated heterocycles. The van der Waals surface area contributed by atoms with Crippen LogP contribution in [0.5, 0.6) is 0 Å². The summed E-state index contributed by atoms with van der Waals surface area (Å²) in [5, 5.41) is 0.0931. The molecule has 1 aromatic rings. The van der Waals surface area contributed by atoms with E-state index >= 15 is 0 Å². The van der Waals surface area contributed by atoms with E-state index in [9.17, 15) is 8.42 Å². The highest BCUT2D eigenvalue weighted by Crippen LogP contribution is 2.38. The summed E-state index contributed by atoms with van der Waals surface area (Å²) in [4.78, 5) is 3.98. The van der Waals surface area contributed by atoms with Gasteiger partial charge in [0, 0.05) is 26.3 Å². The average molecular weight is 269 g/mol. The molecule has 0 aliphatic heterocycles. The van der Waals surface area contributed by atoms with E-state index in [0.29, 0.717) is 24.9 Å². The van der Waals surface area contributed by atoms with Gasteiger partial charge in [-0.15, -0.1) is 0 Å². The van der Waals surface area contributed by atoms with Crippen LogP contribution in [0.1, 0.15) is 18.9 Å². The number of sulfonamides is 1. The topological polar surface area (TPSA) is 76.3 Å². The second kappa shape index (κ2) is 4.95. The van der Waals surface area contributed by atoms with Crippen LogP contribution >= 0.6 is 0 Å². The van der Waals surface area contributed by atoms with Gasteiger partial charge in [0.05, 0.1) is 0 Å². The van der Waals surface area contributed by atoms with Crippen molar-refractivity contribution in [2.45, 2.75) is 24.9 Å². The van der Waals surface area contributed by atoms with E-state index in [1.807, 2.05) is 0 Å². The number of pyridine rings is 1. The van der Waals surface area contributed by atoms with Crippen molar-refractivity contribution >= 4 is 10.0 Å². The van der Waals surface area contributed by atoms with Gasteiger partial charge in [0.2, 0.25) is 0 Å². The highest BCUT2D eigenvalue weighted by molar-refractivity contribution is 7.89. The van der Waals surface area contributed by atoms with Crippen LogP contribution in [0.4, 0.5) is 0 Å². The first-order valence-electron chi connectivity index (χ1n) is 6.06. The predicted octanol–water partition coefficient (Wildman–Crippen LogP) is 0.817. The first-order valence-corrected chi connectivity index (χ1v) is 7.50. The molecular weight excluding hydrogens is 250 g/mol. The molecule has 5 nitrogen and oxygen atoms in total. The molecule has 1 aliphatic rings. The largest absolute Gasteiger partial charge is 0.326 e. The molecule has 1 saturated carbocycles. The summed E-state index contributed by atoms with van der Waals surface area (Å²) >= 11 is 0. The molecule has 1 aromatic heterocycles. The molecule has 0 bridgehead atoms. The van der Waals surface area contributed by atoms with Crippen LogP contribution < -0.4 is 5.73 Å². The molecule has 0 amide bonds. The van der Waals surface area contributed by atoms with Crippen molar-refractivity contribution in [1.29, 1.82) is 0 Å². The van der Waals surface area contributed by atoms with Crippen molar-refractivity contribution in [3.63, 3.8) is 0 Å². The summed E-state index contributed by atoms with van der Waals surface area (Å²) in [7, 11) is -1.85. The van der Waals surface area contributed by atoms with Gasteiger partial charge in [-0.3, -0.25) is 0 Å². The molecule has 0 spiro atoms. The minimum Gasteiger partial charge on any atom is -0.326 e. The van der Waals surface area contributed by atoms with Crippen LogP contribution in [0, 0.1) is 11.8 Å². The number of nitrogens with two attached hydrogens (primary N) is 1. The predicted molar refractivity (Wildman–Crippen MR) is 69.2 cm³/mol. The van der Waals surface area contributed by atoms with E-state index in [1.54, 1.807) is 13.1 Å². The minimum absolute atomic E-state index is 0.0931. The van der Waals surface area contributed by atoms with Gasteiger partial charge in [0.15, 0.2) is 5.03 Å². The molecule has 1 aliphatic carbocycles. The molecule has 2 N–H and O–H groups in total. The minimum atomic E-state index is -3.46. The van der Waals surface area contributed by atoms with E-state index in [-0.39, 0.29) is 5.03 Å². The zero-order valence-electron chi connectivity index (χ0n) is 10.7. The second-order valence-corrected chi connectivity index (χ2v) is 6.96. The standard InChI is InChI=1S/C12H19N3O2S/c1-9-5-11(9)8-15(2)18(16,17)12-4-3-10(6-13)7-14-12/h3-4,7,9,11H,5-6,8,13H2,1-2H3. The highest BCUT2D eigenvalue weighted by atomic mass is 32.2. The zero-order valence-corrected chi connectivity index (χ0v) is 11.5. The smallest absolute Gasteiger partial charge is 0.260 e. The van der Waals surface area contributed by atoms with Crippen molar-refractivity contribution in [2.24, 2.45) is 17.6 Å². The molecule has 2 atom stereocenters. The summed E-state index contributed by atoms with van der Waals surface area (Å²) in [6.45, 7) is 3.08. The Morgan fingerprint density at radius 3 is 2.61 bits per heavy atom. The number of hydrogen-bond acceptors (Lipinski definition) is 4. The van der Waals surface area contributed by atoms with Gasteiger partial charge < -0.3 is 5.73 Å². The molecule has 1 fully saturated rings.